The van der Waals surface area contributed by atoms with Crippen LogP contribution in [0.2, 0.25) is 5.02 Å². The molecule has 1 aliphatic heterocycles. The first-order valence-corrected chi connectivity index (χ1v) is 11.9. The number of hydrogen-bond acceptors (Lipinski definition) is 7. The van der Waals surface area contributed by atoms with Crippen LogP contribution in [0, 0.1) is 11.8 Å². The lowest BCUT2D eigenvalue weighted by Gasteiger charge is -2.26. The number of aromatic nitrogens is 2. The summed E-state index contributed by atoms with van der Waals surface area (Å²) in [6.45, 7) is 3.60. The summed E-state index contributed by atoms with van der Waals surface area (Å²) in [5, 5.41) is 10.6. The lowest BCUT2D eigenvalue weighted by atomic mass is 9.86. The zero-order chi connectivity index (χ0) is 20.1. The molecule has 2 aliphatic rings. The molecule has 0 spiro atoms. The second-order valence-corrected chi connectivity index (χ2v) is 9.45. The second kappa shape index (κ2) is 10.1. The van der Waals surface area contributed by atoms with Gasteiger partial charge in [-0.05, 0) is 56.4 Å². The maximum Gasteiger partial charge on any atom is 0.183 e. The predicted molar refractivity (Wildman–Crippen MR) is 121 cm³/mol. The van der Waals surface area contributed by atoms with Crippen LogP contribution in [-0.4, -0.2) is 42.3 Å². The van der Waals surface area contributed by atoms with Crippen molar-refractivity contribution in [1.29, 1.82) is 0 Å². The number of ether oxygens (including phenoxy) is 1. The number of pyridine rings is 1. The molecule has 0 radical (unpaired) electrons. The van der Waals surface area contributed by atoms with Crippen molar-refractivity contribution < 1.29 is 4.74 Å². The zero-order valence-electron chi connectivity index (χ0n) is 16.7. The van der Waals surface area contributed by atoms with Gasteiger partial charge >= 0.3 is 0 Å². The number of nitrogens with two attached hydrogens (primary N) is 1. The Morgan fingerprint density at radius 2 is 1.79 bits per heavy atom. The molecule has 0 atom stereocenters. The topological polar surface area (TPSA) is 85.1 Å². The molecule has 4 N–H and O–H groups in total. The van der Waals surface area contributed by atoms with Crippen molar-refractivity contribution in [3.05, 3.63) is 22.7 Å². The van der Waals surface area contributed by atoms with E-state index in [1.807, 2.05) is 6.07 Å². The molecule has 0 bridgehead atoms. The predicted octanol–water partition coefficient (Wildman–Crippen LogP) is 4.63. The molecule has 1 saturated carbocycles. The third-order valence-corrected chi connectivity index (χ3v) is 7.08. The Balaban J connectivity index is 1.35. The van der Waals surface area contributed by atoms with Gasteiger partial charge in [-0.3, -0.25) is 0 Å². The van der Waals surface area contributed by atoms with Crippen LogP contribution >= 0.6 is 22.9 Å². The van der Waals surface area contributed by atoms with E-state index in [4.69, 9.17) is 27.1 Å². The highest BCUT2D eigenvalue weighted by molar-refractivity contribution is 7.14. The first kappa shape index (κ1) is 20.8. The van der Waals surface area contributed by atoms with Gasteiger partial charge in [-0.2, -0.15) is 0 Å². The van der Waals surface area contributed by atoms with Crippen LogP contribution in [0.3, 0.4) is 0 Å². The lowest BCUT2D eigenvalue weighted by Crippen LogP contribution is -2.29. The monoisotopic (exact) mass is 435 g/mol. The summed E-state index contributed by atoms with van der Waals surface area (Å²) >= 11 is 8.05. The molecule has 6 nitrogen and oxygen atoms in total. The summed E-state index contributed by atoms with van der Waals surface area (Å²) in [6.07, 6.45) is 8.55. The van der Waals surface area contributed by atoms with Gasteiger partial charge in [-0.15, -0.1) is 11.3 Å². The molecule has 0 unspecified atom stereocenters. The van der Waals surface area contributed by atoms with Gasteiger partial charge in [0.25, 0.3) is 0 Å². The Labute approximate surface area is 181 Å². The van der Waals surface area contributed by atoms with Gasteiger partial charge in [0.1, 0.15) is 5.82 Å². The third-order valence-electron chi connectivity index (χ3n) is 5.98. The van der Waals surface area contributed by atoms with Crippen molar-refractivity contribution in [2.75, 3.05) is 36.9 Å². The third kappa shape index (κ3) is 5.81. The number of nitrogens with one attached hydrogen (secondary N) is 2. The van der Waals surface area contributed by atoms with Gasteiger partial charge in [0.05, 0.1) is 10.7 Å². The largest absolute Gasteiger partial charge is 0.381 e. The van der Waals surface area contributed by atoms with Crippen LogP contribution in [0.25, 0.3) is 11.3 Å². The number of halogens is 1. The molecule has 29 heavy (non-hydrogen) atoms. The molecule has 3 heterocycles. The summed E-state index contributed by atoms with van der Waals surface area (Å²) in [7, 11) is 0. The zero-order valence-corrected chi connectivity index (χ0v) is 18.3. The maximum absolute atomic E-state index is 6.43. The standard InChI is InChI=1S/C21H30ClN5OS/c22-18-12-25-20(24-10-14-1-3-16(23)4-2-14)9-17(18)19-13-29-21(27-19)26-11-15-5-7-28-8-6-15/h9,12-16H,1-8,10-11,23H2,(H,24,25)(H,26,27). The van der Waals surface area contributed by atoms with Crippen molar-refractivity contribution in [3.63, 3.8) is 0 Å². The summed E-state index contributed by atoms with van der Waals surface area (Å²) in [6, 6.07) is 2.39. The fraction of sp³-hybridized carbons (Fsp3) is 0.619. The highest BCUT2D eigenvalue weighted by Gasteiger charge is 2.19. The van der Waals surface area contributed by atoms with Crippen LogP contribution in [0.5, 0.6) is 0 Å². The average molecular weight is 436 g/mol. The molecule has 0 amide bonds. The van der Waals surface area contributed by atoms with Gasteiger partial charge in [0.15, 0.2) is 5.13 Å². The van der Waals surface area contributed by atoms with Gasteiger partial charge in [-0.1, -0.05) is 11.6 Å². The van der Waals surface area contributed by atoms with E-state index in [1.54, 1.807) is 17.5 Å². The number of nitrogens with zero attached hydrogens (tertiary/aromatic N) is 2. The van der Waals surface area contributed by atoms with Crippen LogP contribution in [-0.2, 0) is 4.74 Å². The molecule has 2 aromatic rings. The number of hydrogen-bond donors (Lipinski definition) is 3. The van der Waals surface area contributed by atoms with Gasteiger partial charge in [0.2, 0.25) is 0 Å². The minimum Gasteiger partial charge on any atom is -0.381 e. The van der Waals surface area contributed by atoms with Crippen LogP contribution < -0.4 is 16.4 Å². The van der Waals surface area contributed by atoms with E-state index in [-0.39, 0.29) is 0 Å². The Hall–Kier alpha value is -1.41. The second-order valence-electron chi connectivity index (χ2n) is 8.19. The van der Waals surface area contributed by atoms with Crippen molar-refractivity contribution >= 4 is 33.9 Å². The van der Waals surface area contributed by atoms with Crippen molar-refractivity contribution in [2.24, 2.45) is 17.6 Å². The quantitative estimate of drug-likeness (QED) is 0.588. The first-order valence-electron chi connectivity index (χ1n) is 10.6. The van der Waals surface area contributed by atoms with E-state index < -0.39 is 0 Å². The van der Waals surface area contributed by atoms with E-state index in [9.17, 15) is 0 Å². The summed E-state index contributed by atoms with van der Waals surface area (Å²) in [5.74, 6) is 2.17. The first-order chi connectivity index (χ1) is 14.2. The summed E-state index contributed by atoms with van der Waals surface area (Å²) in [4.78, 5) is 9.20. The molecule has 8 heteroatoms. The maximum atomic E-state index is 6.43. The molecular formula is C21H30ClN5OS. The fourth-order valence-corrected chi connectivity index (χ4v) is 4.95. The van der Waals surface area contributed by atoms with Crippen LogP contribution in [0.4, 0.5) is 10.9 Å². The molecule has 2 fully saturated rings. The molecular weight excluding hydrogens is 406 g/mol. The van der Waals surface area contributed by atoms with E-state index >= 15 is 0 Å². The Morgan fingerprint density at radius 3 is 2.59 bits per heavy atom. The van der Waals surface area contributed by atoms with Gasteiger partial charge in [0, 0.05) is 49.5 Å². The highest BCUT2D eigenvalue weighted by atomic mass is 35.5. The molecule has 2 aromatic heterocycles. The van der Waals surface area contributed by atoms with Crippen molar-refractivity contribution in [1.82, 2.24) is 9.97 Å². The molecule has 4 rings (SSSR count). The molecule has 0 aromatic carbocycles. The highest BCUT2D eigenvalue weighted by Crippen LogP contribution is 2.32. The Morgan fingerprint density at radius 1 is 1.07 bits per heavy atom. The van der Waals surface area contributed by atoms with Crippen molar-refractivity contribution in [2.45, 2.75) is 44.6 Å². The minimum absolute atomic E-state index is 0.380. The Kier molecular flexibility index (Phi) is 7.24. The summed E-state index contributed by atoms with van der Waals surface area (Å²) in [5.41, 5.74) is 7.82. The number of anilines is 2. The van der Waals surface area contributed by atoms with Gasteiger partial charge in [-0.25, -0.2) is 9.97 Å². The molecule has 1 saturated heterocycles. The van der Waals surface area contributed by atoms with E-state index in [2.05, 4.69) is 21.0 Å². The number of thiazole rings is 1. The van der Waals surface area contributed by atoms with E-state index in [0.717, 1.165) is 74.2 Å². The minimum atomic E-state index is 0.380. The number of rotatable bonds is 7. The molecule has 1 aliphatic carbocycles. The van der Waals surface area contributed by atoms with Gasteiger partial charge < -0.3 is 21.1 Å². The Bertz CT molecular complexity index is 787. The van der Waals surface area contributed by atoms with E-state index in [1.165, 1.54) is 12.8 Å². The van der Waals surface area contributed by atoms with Crippen LogP contribution in [0.1, 0.15) is 38.5 Å². The van der Waals surface area contributed by atoms with Crippen molar-refractivity contribution in [3.8, 4) is 11.3 Å². The molecule has 158 valence electrons. The average Bonchev–Trinajstić information content (AvgIpc) is 3.22. The normalized spacial score (nSPS) is 23.1. The SMILES string of the molecule is NC1CCC(CNc2cc(-c3csc(NCC4CCOCC4)n3)c(Cl)cn2)CC1. The lowest BCUT2D eigenvalue weighted by molar-refractivity contribution is 0.0699. The fourth-order valence-electron chi connectivity index (χ4n) is 4.03. The smallest absolute Gasteiger partial charge is 0.183 e. The van der Waals surface area contributed by atoms with Crippen LogP contribution in [0.15, 0.2) is 17.6 Å². The summed E-state index contributed by atoms with van der Waals surface area (Å²) < 4.78 is 5.43. The van der Waals surface area contributed by atoms with E-state index in [0.29, 0.717) is 22.9 Å².